The Morgan fingerprint density at radius 2 is 1.67 bits per heavy atom. The molecule has 0 aliphatic carbocycles. The number of benzene rings is 2. The van der Waals surface area contributed by atoms with Crippen LogP contribution in [0.2, 0.25) is 4.34 Å². The van der Waals surface area contributed by atoms with E-state index in [2.05, 4.69) is 24.3 Å². The predicted octanol–water partition coefficient (Wildman–Crippen LogP) is 5.88. The molecule has 90 valence electrons. The van der Waals surface area contributed by atoms with Crippen LogP contribution in [0.15, 0.2) is 54.6 Å². The minimum Gasteiger partial charge on any atom is -0.127 e. The molecule has 0 spiro atoms. The third-order valence-corrected chi connectivity index (χ3v) is 4.84. The van der Waals surface area contributed by atoms with Crippen molar-refractivity contribution in [3.8, 4) is 0 Å². The lowest BCUT2D eigenvalue weighted by Gasteiger charge is -2.11. The van der Waals surface area contributed by atoms with Gasteiger partial charge in [0.25, 0.3) is 0 Å². The fourth-order valence-electron chi connectivity index (χ4n) is 2.09. The summed E-state index contributed by atoms with van der Waals surface area (Å²) in [6.45, 7) is 0. The van der Waals surface area contributed by atoms with Gasteiger partial charge in [-0.15, -0.1) is 22.9 Å². The van der Waals surface area contributed by atoms with Crippen LogP contribution in [0.5, 0.6) is 0 Å². The summed E-state index contributed by atoms with van der Waals surface area (Å²) >= 11 is 14.1. The van der Waals surface area contributed by atoms with Crippen LogP contribution < -0.4 is 0 Å². The topological polar surface area (TPSA) is 0 Å². The summed E-state index contributed by atoms with van der Waals surface area (Å²) in [6.07, 6.45) is 0. The van der Waals surface area contributed by atoms with Gasteiger partial charge < -0.3 is 0 Å². The first-order valence-electron chi connectivity index (χ1n) is 5.62. The molecule has 1 heterocycles. The van der Waals surface area contributed by atoms with Gasteiger partial charge in [0.2, 0.25) is 0 Å². The molecule has 0 bridgehead atoms. The largest absolute Gasteiger partial charge is 0.127 e. The first kappa shape index (κ1) is 12.0. The molecule has 0 radical (unpaired) electrons. The number of rotatable bonds is 2. The number of thiophene rings is 1. The van der Waals surface area contributed by atoms with Gasteiger partial charge in [-0.05, 0) is 28.5 Å². The molecule has 0 aliphatic heterocycles. The monoisotopic (exact) mass is 292 g/mol. The summed E-state index contributed by atoms with van der Waals surface area (Å²) in [5, 5.41) is 2.27. The molecule has 0 aliphatic rings. The number of hydrogen-bond acceptors (Lipinski definition) is 1. The first-order chi connectivity index (χ1) is 8.75. The lowest BCUT2D eigenvalue weighted by atomic mass is 10.0. The minimum absolute atomic E-state index is 0.145. The van der Waals surface area contributed by atoms with Crippen LogP contribution in [-0.2, 0) is 0 Å². The van der Waals surface area contributed by atoms with E-state index in [-0.39, 0.29) is 5.38 Å². The molecule has 0 saturated heterocycles. The van der Waals surface area contributed by atoms with Crippen molar-refractivity contribution in [2.45, 2.75) is 5.38 Å². The Morgan fingerprint density at radius 1 is 0.889 bits per heavy atom. The average Bonchev–Trinajstić information content (AvgIpc) is 2.84. The van der Waals surface area contributed by atoms with Crippen LogP contribution in [0.3, 0.4) is 0 Å². The van der Waals surface area contributed by atoms with Crippen molar-refractivity contribution < 1.29 is 0 Å². The zero-order valence-electron chi connectivity index (χ0n) is 9.44. The van der Waals surface area contributed by atoms with Gasteiger partial charge in [-0.2, -0.15) is 0 Å². The lowest BCUT2D eigenvalue weighted by Crippen LogP contribution is -1.91. The van der Waals surface area contributed by atoms with Gasteiger partial charge in [-0.1, -0.05) is 54.1 Å². The van der Waals surface area contributed by atoms with E-state index in [4.69, 9.17) is 23.2 Å². The second-order valence-corrected chi connectivity index (χ2v) is 6.26. The zero-order valence-corrected chi connectivity index (χ0v) is 11.8. The molecule has 18 heavy (non-hydrogen) atoms. The van der Waals surface area contributed by atoms with Gasteiger partial charge in [-0.25, -0.2) is 0 Å². The van der Waals surface area contributed by atoms with Gasteiger partial charge in [0.05, 0.1) is 9.71 Å². The summed E-state index contributed by atoms with van der Waals surface area (Å²) in [5.74, 6) is 0. The molecule has 3 aromatic rings. The summed E-state index contributed by atoms with van der Waals surface area (Å²) in [7, 11) is 0. The second kappa shape index (κ2) is 4.93. The van der Waals surface area contributed by atoms with E-state index >= 15 is 0 Å². The number of halogens is 2. The van der Waals surface area contributed by atoms with Gasteiger partial charge in [0.1, 0.15) is 0 Å². The Balaban J connectivity index is 2.14. The fraction of sp³-hybridized carbons (Fsp3) is 0.0667. The molecule has 0 saturated carbocycles. The Morgan fingerprint density at radius 3 is 2.44 bits per heavy atom. The van der Waals surface area contributed by atoms with E-state index < -0.39 is 0 Å². The third-order valence-electron chi connectivity index (χ3n) is 2.94. The van der Waals surface area contributed by atoms with E-state index in [0.29, 0.717) is 0 Å². The molecule has 1 aromatic heterocycles. The maximum atomic E-state index is 6.58. The number of fused-ring (bicyclic) bond motifs is 1. The van der Waals surface area contributed by atoms with Crippen molar-refractivity contribution in [2.75, 3.05) is 0 Å². The van der Waals surface area contributed by atoms with Crippen molar-refractivity contribution in [3.63, 3.8) is 0 Å². The SMILES string of the molecule is Clc1ccc(C(Cl)c2cccc3ccccc23)s1. The van der Waals surface area contributed by atoms with E-state index in [1.807, 2.05) is 30.3 Å². The Hall–Kier alpha value is -1.02. The normalized spacial score (nSPS) is 12.8. The molecule has 0 amide bonds. The highest BCUT2D eigenvalue weighted by atomic mass is 35.5. The molecule has 0 N–H and O–H groups in total. The fourth-order valence-corrected chi connectivity index (χ4v) is 3.54. The molecule has 3 heteroatoms. The van der Waals surface area contributed by atoms with Crippen molar-refractivity contribution in [3.05, 3.63) is 69.4 Å². The van der Waals surface area contributed by atoms with Crippen LogP contribution in [0.25, 0.3) is 10.8 Å². The molecule has 2 aromatic carbocycles. The third kappa shape index (κ3) is 2.14. The Bertz CT molecular complexity index is 682. The predicted molar refractivity (Wildman–Crippen MR) is 81.0 cm³/mol. The number of hydrogen-bond donors (Lipinski definition) is 0. The van der Waals surface area contributed by atoms with Crippen LogP contribution >= 0.6 is 34.5 Å². The Kier molecular flexibility index (Phi) is 3.29. The molecule has 1 unspecified atom stereocenters. The number of alkyl halides is 1. The molecule has 0 fully saturated rings. The van der Waals surface area contributed by atoms with Crippen LogP contribution in [-0.4, -0.2) is 0 Å². The smallest absolute Gasteiger partial charge is 0.0934 e. The lowest BCUT2D eigenvalue weighted by molar-refractivity contribution is 1.21. The van der Waals surface area contributed by atoms with Crippen LogP contribution in [0, 0.1) is 0 Å². The molecule has 3 rings (SSSR count). The van der Waals surface area contributed by atoms with Gasteiger partial charge in [-0.3, -0.25) is 0 Å². The maximum Gasteiger partial charge on any atom is 0.0934 e. The van der Waals surface area contributed by atoms with Crippen molar-refractivity contribution in [1.29, 1.82) is 0 Å². The van der Waals surface area contributed by atoms with E-state index in [0.717, 1.165) is 14.8 Å². The summed E-state index contributed by atoms with van der Waals surface area (Å²) < 4.78 is 0.774. The van der Waals surface area contributed by atoms with Crippen molar-refractivity contribution >= 4 is 45.3 Å². The maximum absolute atomic E-state index is 6.58. The van der Waals surface area contributed by atoms with Gasteiger partial charge in [0.15, 0.2) is 0 Å². The molecular weight excluding hydrogens is 283 g/mol. The van der Waals surface area contributed by atoms with Crippen molar-refractivity contribution in [2.24, 2.45) is 0 Å². The van der Waals surface area contributed by atoms with Crippen LogP contribution in [0.4, 0.5) is 0 Å². The van der Waals surface area contributed by atoms with Gasteiger partial charge >= 0.3 is 0 Å². The molecular formula is C15H10Cl2S. The highest BCUT2D eigenvalue weighted by Gasteiger charge is 2.15. The first-order valence-corrected chi connectivity index (χ1v) is 7.26. The minimum atomic E-state index is -0.145. The average molecular weight is 293 g/mol. The quantitative estimate of drug-likeness (QED) is 0.517. The standard InChI is InChI=1S/C15H10Cl2S/c16-14-9-8-13(18-14)15(17)12-7-3-5-10-4-1-2-6-11(10)12/h1-9,15H. The highest BCUT2D eigenvalue weighted by molar-refractivity contribution is 7.16. The highest BCUT2D eigenvalue weighted by Crippen LogP contribution is 2.38. The summed E-state index contributed by atoms with van der Waals surface area (Å²) in [5.41, 5.74) is 1.13. The van der Waals surface area contributed by atoms with E-state index in [9.17, 15) is 0 Å². The zero-order chi connectivity index (χ0) is 12.5. The second-order valence-electron chi connectivity index (χ2n) is 4.07. The summed E-state index contributed by atoms with van der Waals surface area (Å²) in [4.78, 5) is 1.08. The van der Waals surface area contributed by atoms with E-state index in [1.54, 1.807) is 0 Å². The van der Waals surface area contributed by atoms with Crippen molar-refractivity contribution in [1.82, 2.24) is 0 Å². The van der Waals surface area contributed by atoms with Gasteiger partial charge in [0, 0.05) is 4.88 Å². The summed E-state index contributed by atoms with van der Waals surface area (Å²) in [6, 6.07) is 18.4. The molecule has 0 nitrogen and oxygen atoms in total. The Labute approximate surface area is 120 Å². The van der Waals surface area contributed by atoms with Crippen LogP contribution in [0.1, 0.15) is 15.8 Å². The van der Waals surface area contributed by atoms with E-state index in [1.165, 1.54) is 22.1 Å². The molecule has 1 atom stereocenters.